The fraction of sp³-hybridized carbons (Fsp3) is 0.444. The van der Waals surface area contributed by atoms with Crippen LogP contribution in [-0.2, 0) is 6.42 Å². The van der Waals surface area contributed by atoms with Crippen LogP contribution in [0, 0.1) is 0 Å². The van der Waals surface area contributed by atoms with Crippen molar-refractivity contribution in [2.75, 3.05) is 0 Å². The second kappa shape index (κ2) is 4.04. The summed E-state index contributed by atoms with van der Waals surface area (Å²) in [5.41, 5.74) is 0. The number of aromatic amines is 1. The van der Waals surface area contributed by atoms with Gasteiger partial charge in [0.1, 0.15) is 5.76 Å². The molecule has 0 fully saturated rings. The van der Waals surface area contributed by atoms with Crippen LogP contribution in [0.5, 0.6) is 0 Å². The number of H-pyrrole nitrogens is 1. The third-order valence-corrected chi connectivity index (χ3v) is 2.00. The molecule has 14 heavy (non-hydrogen) atoms. The molecule has 0 spiro atoms. The van der Waals surface area contributed by atoms with Crippen molar-refractivity contribution in [2.24, 2.45) is 0 Å². The SMILES string of the molecule is CCCCc1ccc(-c2nn[nH]n2)o1. The number of aryl methyl sites for hydroxylation is 1. The zero-order valence-corrected chi connectivity index (χ0v) is 8.03. The summed E-state index contributed by atoms with van der Waals surface area (Å²) >= 11 is 0. The van der Waals surface area contributed by atoms with Crippen LogP contribution in [0.1, 0.15) is 25.5 Å². The van der Waals surface area contributed by atoms with Crippen molar-refractivity contribution in [3.8, 4) is 11.6 Å². The van der Waals surface area contributed by atoms with Crippen molar-refractivity contribution >= 4 is 0 Å². The van der Waals surface area contributed by atoms with Crippen LogP contribution in [0.4, 0.5) is 0 Å². The highest BCUT2D eigenvalue weighted by atomic mass is 16.3. The first-order chi connectivity index (χ1) is 6.90. The van der Waals surface area contributed by atoms with Crippen molar-refractivity contribution in [3.05, 3.63) is 17.9 Å². The van der Waals surface area contributed by atoms with Crippen molar-refractivity contribution in [2.45, 2.75) is 26.2 Å². The Labute approximate surface area is 81.5 Å². The molecule has 2 aromatic rings. The van der Waals surface area contributed by atoms with Crippen LogP contribution in [0.25, 0.3) is 11.6 Å². The van der Waals surface area contributed by atoms with Crippen molar-refractivity contribution < 1.29 is 4.42 Å². The van der Waals surface area contributed by atoms with Crippen molar-refractivity contribution in [1.29, 1.82) is 0 Å². The van der Waals surface area contributed by atoms with E-state index in [2.05, 4.69) is 27.5 Å². The van der Waals surface area contributed by atoms with Gasteiger partial charge in [-0.25, -0.2) is 0 Å². The van der Waals surface area contributed by atoms with E-state index in [1.807, 2.05) is 12.1 Å². The first kappa shape index (κ1) is 8.93. The fourth-order valence-corrected chi connectivity index (χ4v) is 1.25. The van der Waals surface area contributed by atoms with E-state index >= 15 is 0 Å². The van der Waals surface area contributed by atoms with Gasteiger partial charge in [0.25, 0.3) is 0 Å². The number of rotatable bonds is 4. The highest BCUT2D eigenvalue weighted by molar-refractivity contribution is 5.45. The molecule has 0 aliphatic rings. The summed E-state index contributed by atoms with van der Waals surface area (Å²) in [6, 6.07) is 3.83. The maximum atomic E-state index is 5.55. The predicted octanol–water partition coefficient (Wildman–Crippen LogP) is 1.80. The Balaban J connectivity index is 2.10. The molecule has 0 amide bonds. The lowest BCUT2D eigenvalue weighted by Gasteiger charge is -1.92. The molecule has 2 rings (SSSR count). The molecule has 0 radical (unpaired) electrons. The van der Waals surface area contributed by atoms with Crippen molar-refractivity contribution in [3.63, 3.8) is 0 Å². The molecule has 5 nitrogen and oxygen atoms in total. The minimum Gasteiger partial charge on any atom is -0.458 e. The second-order valence-electron chi connectivity index (χ2n) is 3.10. The van der Waals surface area contributed by atoms with Gasteiger partial charge >= 0.3 is 0 Å². The molecular formula is C9H12N4O. The van der Waals surface area contributed by atoms with Gasteiger partial charge < -0.3 is 4.42 Å². The molecule has 0 aliphatic heterocycles. The number of furan rings is 1. The van der Waals surface area contributed by atoms with Crippen LogP contribution >= 0.6 is 0 Å². The second-order valence-corrected chi connectivity index (χ2v) is 3.10. The van der Waals surface area contributed by atoms with E-state index < -0.39 is 0 Å². The summed E-state index contributed by atoms with van der Waals surface area (Å²) in [5.74, 6) is 2.16. The number of hydrogen-bond donors (Lipinski definition) is 1. The molecule has 5 heteroatoms. The average molecular weight is 192 g/mol. The lowest BCUT2D eigenvalue weighted by Crippen LogP contribution is -1.80. The van der Waals surface area contributed by atoms with Gasteiger partial charge in [0, 0.05) is 6.42 Å². The van der Waals surface area contributed by atoms with E-state index in [1.165, 1.54) is 0 Å². The molecule has 2 heterocycles. The van der Waals surface area contributed by atoms with Gasteiger partial charge in [-0.1, -0.05) is 13.3 Å². The Morgan fingerprint density at radius 1 is 1.43 bits per heavy atom. The Bertz CT molecular complexity index is 379. The van der Waals surface area contributed by atoms with E-state index in [-0.39, 0.29) is 0 Å². The summed E-state index contributed by atoms with van der Waals surface area (Å²) in [6.07, 6.45) is 3.27. The topological polar surface area (TPSA) is 67.6 Å². The normalized spacial score (nSPS) is 10.6. The van der Waals surface area contributed by atoms with E-state index in [9.17, 15) is 0 Å². The van der Waals surface area contributed by atoms with Gasteiger partial charge in [-0.15, -0.1) is 10.2 Å². The van der Waals surface area contributed by atoms with Crippen LogP contribution in [-0.4, -0.2) is 20.6 Å². The molecule has 0 saturated heterocycles. The van der Waals surface area contributed by atoms with Crippen LogP contribution in [0.3, 0.4) is 0 Å². The third kappa shape index (κ3) is 1.81. The summed E-state index contributed by atoms with van der Waals surface area (Å²) in [6.45, 7) is 2.16. The molecular weight excluding hydrogens is 180 g/mol. The highest BCUT2D eigenvalue weighted by Gasteiger charge is 2.07. The van der Waals surface area contributed by atoms with Gasteiger partial charge in [-0.3, -0.25) is 0 Å². The number of unbranched alkanes of at least 4 members (excludes halogenated alkanes) is 1. The predicted molar refractivity (Wildman–Crippen MR) is 50.5 cm³/mol. The summed E-state index contributed by atoms with van der Waals surface area (Å²) in [5, 5.41) is 13.5. The number of nitrogens with one attached hydrogen (secondary N) is 1. The lowest BCUT2D eigenvalue weighted by atomic mass is 10.2. The van der Waals surface area contributed by atoms with E-state index in [1.54, 1.807) is 0 Å². The molecule has 1 N–H and O–H groups in total. The number of hydrogen-bond acceptors (Lipinski definition) is 4. The standard InChI is InChI=1S/C9H12N4O/c1-2-3-4-7-5-6-8(14-7)9-10-12-13-11-9/h5-6H,2-4H2,1H3,(H,10,11,12,13). The number of tetrazole rings is 1. The molecule has 0 aliphatic carbocycles. The van der Waals surface area contributed by atoms with Gasteiger partial charge in [0.15, 0.2) is 5.76 Å². The Hall–Kier alpha value is -1.65. The zero-order valence-electron chi connectivity index (χ0n) is 8.03. The summed E-state index contributed by atoms with van der Waals surface area (Å²) in [7, 11) is 0. The van der Waals surface area contributed by atoms with Gasteiger partial charge in [-0.2, -0.15) is 5.21 Å². The molecule has 0 unspecified atom stereocenters. The Morgan fingerprint density at radius 2 is 2.36 bits per heavy atom. The van der Waals surface area contributed by atoms with Crippen LogP contribution in [0.2, 0.25) is 0 Å². The molecule has 0 atom stereocenters. The zero-order chi connectivity index (χ0) is 9.80. The number of aromatic nitrogens is 4. The minimum atomic E-state index is 0.507. The maximum Gasteiger partial charge on any atom is 0.239 e. The van der Waals surface area contributed by atoms with Crippen LogP contribution < -0.4 is 0 Å². The van der Waals surface area contributed by atoms with E-state index in [4.69, 9.17) is 4.42 Å². The molecule has 0 aromatic carbocycles. The van der Waals surface area contributed by atoms with Crippen LogP contribution in [0.15, 0.2) is 16.5 Å². The Morgan fingerprint density at radius 3 is 3.07 bits per heavy atom. The molecule has 74 valence electrons. The summed E-state index contributed by atoms with van der Waals surface area (Å²) < 4.78 is 5.55. The van der Waals surface area contributed by atoms with Crippen molar-refractivity contribution in [1.82, 2.24) is 20.6 Å². The third-order valence-electron chi connectivity index (χ3n) is 2.00. The fourth-order valence-electron chi connectivity index (χ4n) is 1.25. The van der Waals surface area contributed by atoms with Gasteiger partial charge in [0.2, 0.25) is 5.82 Å². The Kier molecular flexibility index (Phi) is 2.58. The minimum absolute atomic E-state index is 0.507. The lowest BCUT2D eigenvalue weighted by molar-refractivity contribution is 0.509. The largest absolute Gasteiger partial charge is 0.458 e. The number of nitrogens with zero attached hydrogens (tertiary/aromatic N) is 3. The average Bonchev–Trinajstić information content (AvgIpc) is 2.85. The smallest absolute Gasteiger partial charge is 0.239 e. The molecule has 2 aromatic heterocycles. The van der Waals surface area contributed by atoms with Gasteiger partial charge in [-0.05, 0) is 23.8 Å². The molecule has 0 saturated carbocycles. The van der Waals surface area contributed by atoms with E-state index in [0.29, 0.717) is 11.6 Å². The van der Waals surface area contributed by atoms with E-state index in [0.717, 1.165) is 25.0 Å². The first-order valence-electron chi connectivity index (χ1n) is 4.72. The first-order valence-corrected chi connectivity index (χ1v) is 4.72. The summed E-state index contributed by atoms with van der Waals surface area (Å²) in [4.78, 5) is 0. The molecule has 0 bridgehead atoms. The quantitative estimate of drug-likeness (QED) is 0.802. The highest BCUT2D eigenvalue weighted by Crippen LogP contribution is 2.18. The van der Waals surface area contributed by atoms with Gasteiger partial charge in [0.05, 0.1) is 0 Å². The monoisotopic (exact) mass is 192 g/mol. The maximum absolute atomic E-state index is 5.55.